The van der Waals surface area contributed by atoms with Gasteiger partial charge in [0.25, 0.3) is 0 Å². The molecule has 5 nitrogen and oxygen atoms in total. The average molecular weight is 255 g/mol. The summed E-state index contributed by atoms with van der Waals surface area (Å²) in [6, 6.07) is 11.9. The van der Waals surface area contributed by atoms with Crippen LogP contribution in [0.2, 0.25) is 0 Å². The highest BCUT2D eigenvalue weighted by atomic mass is 15.3. The van der Waals surface area contributed by atoms with Gasteiger partial charge >= 0.3 is 0 Å². The van der Waals surface area contributed by atoms with Crippen molar-refractivity contribution >= 4 is 17.3 Å². The lowest BCUT2D eigenvalue weighted by atomic mass is 10.2. The zero-order chi connectivity index (χ0) is 13.7. The maximum Gasteiger partial charge on any atom is 0.155 e. The van der Waals surface area contributed by atoms with E-state index in [1.807, 2.05) is 48.2 Å². The Balaban J connectivity index is 2.31. The Morgan fingerprint density at radius 1 is 1.32 bits per heavy atom. The van der Waals surface area contributed by atoms with E-state index in [0.717, 1.165) is 17.1 Å². The van der Waals surface area contributed by atoms with E-state index < -0.39 is 0 Å². The Morgan fingerprint density at radius 2 is 2.05 bits per heavy atom. The first kappa shape index (κ1) is 13.0. The van der Waals surface area contributed by atoms with Gasteiger partial charge in [-0.1, -0.05) is 18.2 Å². The molecule has 0 bridgehead atoms. The molecule has 0 saturated carbocycles. The van der Waals surface area contributed by atoms with E-state index in [9.17, 15) is 0 Å². The van der Waals surface area contributed by atoms with E-state index in [1.54, 1.807) is 6.20 Å². The number of nitrogens with zero attached hydrogens (tertiary/aromatic N) is 3. The number of nitrogens with two attached hydrogens (primary N) is 1. The molecule has 2 rings (SSSR count). The van der Waals surface area contributed by atoms with E-state index in [2.05, 4.69) is 10.2 Å². The largest absolute Gasteiger partial charge is 0.388 e. The van der Waals surface area contributed by atoms with Gasteiger partial charge < -0.3 is 10.6 Å². The first-order valence-corrected chi connectivity index (χ1v) is 6.11. The van der Waals surface area contributed by atoms with Gasteiger partial charge in [-0.15, -0.1) is 5.10 Å². The van der Waals surface area contributed by atoms with Gasteiger partial charge in [0.2, 0.25) is 0 Å². The second-order valence-corrected chi connectivity index (χ2v) is 4.35. The highest BCUT2D eigenvalue weighted by molar-refractivity contribution is 5.78. The summed E-state index contributed by atoms with van der Waals surface area (Å²) < 4.78 is 0. The average Bonchev–Trinajstić information content (AvgIpc) is 2.40. The molecule has 1 aromatic carbocycles. The van der Waals surface area contributed by atoms with Crippen molar-refractivity contribution in [1.29, 1.82) is 5.41 Å². The van der Waals surface area contributed by atoms with Crippen molar-refractivity contribution in [3.05, 3.63) is 48.2 Å². The lowest BCUT2D eigenvalue weighted by molar-refractivity contribution is 0.894. The van der Waals surface area contributed by atoms with Gasteiger partial charge in [-0.3, -0.25) is 5.41 Å². The minimum atomic E-state index is 0.168. The predicted molar refractivity (Wildman–Crippen MR) is 76.7 cm³/mol. The standard InChI is InChI=1S/C14H17N5/c1-11-9-14(18-17-10-11)19(8-7-13(15)16)12-5-3-2-4-6-12/h2-6,9-10H,7-8H2,1H3,(H3,15,16). The molecular formula is C14H17N5. The van der Waals surface area contributed by atoms with Crippen LogP contribution >= 0.6 is 0 Å². The number of aryl methyl sites for hydroxylation is 1. The second kappa shape index (κ2) is 5.95. The first-order chi connectivity index (χ1) is 9.16. The van der Waals surface area contributed by atoms with Gasteiger partial charge in [0.15, 0.2) is 5.82 Å². The Morgan fingerprint density at radius 3 is 2.68 bits per heavy atom. The number of benzene rings is 1. The van der Waals surface area contributed by atoms with Gasteiger partial charge in [-0.2, -0.15) is 5.10 Å². The molecule has 98 valence electrons. The van der Waals surface area contributed by atoms with Gasteiger partial charge in [0.1, 0.15) is 0 Å². The van der Waals surface area contributed by atoms with E-state index in [-0.39, 0.29) is 5.84 Å². The van der Waals surface area contributed by atoms with Crippen molar-refractivity contribution in [3.8, 4) is 0 Å². The summed E-state index contributed by atoms with van der Waals surface area (Å²) in [5.74, 6) is 0.939. The molecule has 19 heavy (non-hydrogen) atoms. The van der Waals surface area contributed by atoms with Crippen molar-refractivity contribution in [2.75, 3.05) is 11.4 Å². The van der Waals surface area contributed by atoms with Crippen molar-refractivity contribution in [2.24, 2.45) is 5.73 Å². The fourth-order valence-electron chi connectivity index (χ4n) is 1.80. The number of hydrogen-bond acceptors (Lipinski definition) is 4. The molecule has 0 fully saturated rings. The summed E-state index contributed by atoms with van der Waals surface area (Å²) in [7, 11) is 0. The predicted octanol–water partition coefficient (Wildman–Crippen LogP) is 2.25. The number of nitrogens with one attached hydrogen (secondary N) is 1. The number of aromatic nitrogens is 2. The highest BCUT2D eigenvalue weighted by Gasteiger charge is 2.11. The fourth-order valence-corrected chi connectivity index (χ4v) is 1.80. The Kier molecular flexibility index (Phi) is 4.07. The zero-order valence-corrected chi connectivity index (χ0v) is 10.9. The summed E-state index contributed by atoms with van der Waals surface area (Å²) >= 11 is 0. The summed E-state index contributed by atoms with van der Waals surface area (Å²) in [5, 5.41) is 15.5. The van der Waals surface area contributed by atoms with Crippen LogP contribution in [0.5, 0.6) is 0 Å². The van der Waals surface area contributed by atoms with E-state index in [4.69, 9.17) is 11.1 Å². The van der Waals surface area contributed by atoms with Crippen molar-refractivity contribution in [1.82, 2.24) is 10.2 Å². The number of anilines is 2. The summed E-state index contributed by atoms with van der Waals surface area (Å²) in [5.41, 5.74) is 7.51. The third kappa shape index (κ3) is 3.51. The van der Waals surface area contributed by atoms with E-state index in [0.29, 0.717) is 13.0 Å². The quantitative estimate of drug-likeness (QED) is 0.634. The summed E-state index contributed by atoms with van der Waals surface area (Å²) in [6.45, 7) is 2.59. The molecule has 0 aliphatic heterocycles. The molecular weight excluding hydrogens is 238 g/mol. The van der Waals surface area contributed by atoms with E-state index >= 15 is 0 Å². The molecule has 0 unspecified atom stereocenters. The molecule has 0 atom stereocenters. The first-order valence-electron chi connectivity index (χ1n) is 6.11. The van der Waals surface area contributed by atoms with Gasteiger partial charge in [-0.05, 0) is 30.7 Å². The molecule has 1 heterocycles. The van der Waals surface area contributed by atoms with Crippen LogP contribution in [-0.2, 0) is 0 Å². The van der Waals surface area contributed by atoms with Crippen LogP contribution in [0.4, 0.5) is 11.5 Å². The topological polar surface area (TPSA) is 78.9 Å². The third-order valence-electron chi connectivity index (χ3n) is 2.73. The maximum atomic E-state index is 7.37. The maximum absolute atomic E-state index is 7.37. The zero-order valence-electron chi connectivity index (χ0n) is 10.9. The van der Waals surface area contributed by atoms with Gasteiger partial charge in [0.05, 0.1) is 12.0 Å². The normalized spacial score (nSPS) is 10.2. The highest BCUT2D eigenvalue weighted by Crippen LogP contribution is 2.23. The van der Waals surface area contributed by atoms with Crippen LogP contribution in [0.25, 0.3) is 0 Å². The van der Waals surface area contributed by atoms with Crippen LogP contribution in [0.3, 0.4) is 0 Å². The van der Waals surface area contributed by atoms with Crippen molar-refractivity contribution in [2.45, 2.75) is 13.3 Å². The van der Waals surface area contributed by atoms with Crippen LogP contribution in [0, 0.1) is 12.3 Å². The molecule has 0 amide bonds. The summed E-state index contributed by atoms with van der Waals surface area (Å²) in [4.78, 5) is 2.02. The van der Waals surface area contributed by atoms with Crippen LogP contribution in [0.1, 0.15) is 12.0 Å². The number of para-hydroxylation sites is 1. The summed E-state index contributed by atoms with van der Waals surface area (Å²) in [6.07, 6.45) is 2.21. The Hall–Kier alpha value is -2.43. The van der Waals surface area contributed by atoms with Crippen LogP contribution < -0.4 is 10.6 Å². The number of hydrogen-bond donors (Lipinski definition) is 2. The second-order valence-electron chi connectivity index (χ2n) is 4.35. The Labute approximate surface area is 112 Å². The number of rotatable bonds is 5. The monoisotopic (exact) mass is 255 g/mol. The number of amidine groups is 1. The molecule has 0 aliphatic rings. The van der Waals surface area contributed by atoms with Gasteiger partial charge in [-0.25, -0.2) is 0 Å². The SMILES string of the molecule is Cc1cnnc(N(CCC(=N)N)c2ccccc2)c1. The molecule has 5 heteroatoms. The smallest absolute Gasteiger partial charge is 0.155 e. The fraction of sp³-hybridized carbons (Fsp3) is 0.214. The molecule has 0 spiro atoms. The minimum Gasteiger partial charge on any atom is -0.388 e. The lowest BCUT2D eigenvalue weighted by Gasteiger charge is -2.23. The van der Waals surface area contributed by atoms with Crippen LogP contribution in [-0.4, -0.2) is 22.6 Å². The van der Waals surface area contributed by atoms with Crippen molar-refractivity contribution < 1.29 is 0 Å². The molecule has 0 saturated heterocycles. The third-order valence-corrected chi connectivity index (χ3v) is 2.73. The van der Waals surface area contributed by atoms with Gasteiger partial charge in [0, 0.05) is 18.7 Å². The molecule has 3 N–H and O–H groups in total. The van der Waals surface area contributed by atoms with Crippen LogP contribution in [0.15, 0.2) is 42.6 Å². The molecule has 2 aromatic rings. The Bertz CT molecular complexity index is 553. The van der Waals surface area contributed by atoms with E-state index in [1.165, 1.54) is 0 Å². The molecule has 1 aromatic heterocycles. The van der Waals surface area contributed by atoms with Crippen molar-refractivity contribution in [3.63, 3.8) is 0 Å². The minimum absolute atomic E-state index is 0.168. The lowest BCUT2D eigenvalue weighted by Crippen LogP contribution is -2.24. The molecule has 0 aliphatic carbocycles. The molecule has 0 radical (unpaired) electrons.